The van der Waals surface area contributed by atoms with Gasteiger partial charge in [0.1, 0.15) is 9.71 Å². The molecule has 6 aromatic rings. The second kappa shape index (κ2) is 10.6. The van der Waals surface area contributed by atoms with Gasteiger partial charge in [-0.1, -0.05) is 72.3 Å². The van der Waals surface area contributed by atoms with Crippen LogP contribution < -0.4 is 20.5 Å². The molecule has 1 amide bonds. The first kappa shape index (κ1) is 26.3. The highest BCUT2D eigenvalue weighted by Crippen LogP contribution is 2.43. The predicted molar refractivity (Wildman–Crippen MR) is 169 cm³/mol. The van der Waals surface area contributed by atoms with Crippen LogP contribution >= 0.6 is 11.3 Å². The van der Waals surface area contributed by atoms with E-state index in [-0.39, 0.29) is 5.91 Å². The Bertz CT molecular complexity index is 1940. The summed E-state index contributed by atoms with van der Waals surface area (Å²) in [6.07, 6.45) is 0. The van der Waals surface area contributed by atoms with Gasteiger partial charge in [0, 0.05) is 16.3 Å². The third kappa shape index (κ3) is 4.74. The molecule has 6 nitrogen and oxygen atoms in total. The van der Waals surface area contributed by atoms with Crippen molar-refractivity contribution in [2.45, 2.75) is 13.8 Å². The van der Waals surface area contributed by atoms with Gasteiger partial charge in [0.05, 0.1) is 31.3 Å². The van der Waals surface area contributed by atoms with E-state index in [0.29, 0.717) is 26.9 Å². The van der Waals surface area contributed by atoms with Crippen LogP contribution in [0.25, 0.3) is 43.4 Å². The smallest absolute Gasteiger partial charge is 0.267 e. The summed E-state index contributed by atoms with van der Waals surface area (Å²) in [6, 6.07) is 28.1. The fraction of sp³-hybridized carbons (Fsp3) is 0.118. The van der Waals surface area contributed by atoms with E-state index < -0.39 is 0 Å². The molecule has 0 spiro atoms. The fourth-order valence-electron chi connectivity index (χ4n) is 5.11. The van der Waals surface area contributed by atoms with E-state index in [4.69, 9.17) is 20.2 Å². The van der Waals surface area contributed by atoms with Crippen molar-refractivity contribution in [2.24, 2.45) is 0 Å². The highest BCUT2D eigenvalue weighted by Gasteiger charge is 2.23. The van der Waals surface area contributed by atoms with E-state index >= 15 is 0 Å². The second-order valence-electron chi connectivity index (χ2n) is 9.95. The minimum Gasteiger partial charge on any atom is -0.493 e. The lowest BCUT2D eigenvalue weighted by atomic mass is 9.98. The summed E-state index contributed by atoms with van der Waals surface area (Å²) in [5, 5.41) is 5.91. The number of fused-ring (bicyclic) bond motifs is 2. The lowest BCUT2D eigenvalue weighted by molar-refractivity contribution is 0.103. The van der Waals surface area contributed by atoms with Gasteiger partial charge in [-0.15, -0.1) is 11.3 Å². The largest absolute Gasteiger partial charge is 0.493 e. The Kier molecular flexibility index (Phi) is 6.81. The number of hydrogen-bond acceptors (Lipinski definition) is 6. The van der Waals surface area contributed by atoms with Crippen LogP contribution in [0.1, 0.15) is 20.8 Å². The van der Waals surface area contributed by atoms with Crippen molar-refractivity contribution in [2.75, 3.05) is 25.3 Å². The first-order valence-corrected chi connectivity index (χ1v) is 14.0. The maximum atomic E-state index is 13.8. The van der Waals surface area contributed by atoms with Crippen molar-refractivity contribution in [1.29, 1.82) is 0 Å². The molecule has 0 unspecified atom stereocenters. The number of carbonyl (C=O) groups excluding carboxylic acids is 1. The standard InChI is InChI=1S/C34H29N3O3S/c1-19-9-12-22(13-10-19)26-18-25(23-15-16-27(39-3)28(17-23)40-4)29-30(35)32(41-34(29)36-26)33(38)37-31-20(2)11-14-21-7-5-6-8-24(21)31/h5-18H,35H2,1-4H3,(H,37,38). The second-order valence-corrected chi connectivity index (χ2v) is 10.9. The minimum absolute atomic E-state index is 0.264. The van der Waals surface area contributed by atoms with E-state index in [0.717, 1.165) is 55.4 Å². The maximum absolute atomic E-state index is 13.8. The number of nitrogens with zero attached hydrogens (tertiary/aromatic N) is 1. The molecule has 41 heavy (non-hydrogen) atoms. The topological polar surface area (TPSA) is 86.5 Å². The molecule has 0 aliphatic carbocycles. The SMILES string of the molecule is COc1ccc(-c2cc(-c3ccc(C)cc3)nc3sc(C(=O)Nc4c(C)ccc5ccccc45)c(N)c23)cc1OC. The highest BCUT2D eigenvalue weighted by molar-refractivity contribution is 7.21. The molecule has 0 bridgehead atoms. The van der Waals surface area contributed by atoms with Crippen LogP contribution in [0.3, 0.4) is 0 Å². The van der Waals surface area contributed by atoms with Crippen molar-refractivity contribution in [3.63, 3.8) is 0 Å². The van der Waals surface area contributed by atoms with E-state index in [1.54, 1.807) is 14.2 Å². The van der Waals surface area contributed by atoms with E-state index in [9.17, 15) is 4.79 Å². The van der Waals surface area contributed by atoms with Gasteiger partial charge in [-0.3, -0.25) is 4.79 Å². The normalized spacial score (nSPS) is 11.1. The molecule has 7 heteroatoms. The summed E-state index contributed by atoms with van der Waals surface area (Å²) in [4.78, 5) is 19.9. The lowest BCUT2D eigenvalue weighted by Gasteiger charge is -2.13. The van der Waals surface area contributed by atoms with Crippen LogP contribution in [0.15, 0.2) is 84.9 Å². The quantitative estimate of drug-likeness (QED) is 0.215. The molecule has 0 saturated heterocycles. The van der Waals surface area contributed by atoms with E-state index in [2.05, 4.69) is 42.6 Å². The molecule has 204 valence electrons. The molecule has 3 N–H and O–H groups in total. The number of ether oxygens (including phenoxy) is 2. The Labute approximate surface area is 242 Å². The van der Waals surface area contributed by atoms with Gasteiger partial charge in [0.2, 0.25) is 0 Å². The molecule has 2 aromatic heterocycles. The Morgan fingerprint density at radius 2 is 1.59 bits per heavy atom. The van der Waals surface area contributed by atoms with Gasteiger partial charge in [-0.05, 0) is 54.1 Å². The number of benzene rings is 4. The highest BCUT2D eigenvalue weighted by atomic mass is 32.1. The number of nitrogens with two attached hydrogens (primary N) is 1. The fourth-order valence-corrected chi connectivity index (χ4v) is 6.13. The summed E-state index contributed by atoms with van der Waals surface area (Å²) < 4.78 is 11.1. The average molecular weight is 560 g/mol. The van der Waals surface area contributed by atoms with Crippen LogP contribution in [0.4, 0.5) is 11.4 Å². The van der Waals surface area contributed by atoms with Crippen molar-refractivity contribution in [3.05, 3.63) is 101 Å². The molecule has 6 rings (SSSR count). The average Bonchev–Trinajstić information content (AvgIpc) is 3.34. The van der Waals surface area contributed by atoms with Crippen molar-refractivity contribution >= 4 is 49.6 Å². The molecule has 4 aromatic carbocycles. The molecule has 0 radical (unpaired) electrons. The molecule has 0 atom stereocenters. The van der Waals surface area contributed by atoms with Crippen molar-refractivity contribution < 1.29 is 14.3 Å². The molecular weight excluding hydrogens is 530 g/mol. The summed E-state index contributed by atoms with van der Waals surface area (Å²) in [6.45, 7) is 4.04. The number of hydrogen-bond donors (Lipinski definition) is 2. The first-order valence-electron chi connectivity index (χ1n) is 13.2. The number of rotatable bonds is 6. The Morgan fingerprint density at radius 3 is 2.34 bits per heavy atom. The van der Waals surface area contributed by atoms with Crippen molar-refractivity contribution in [1.82, 2.24) is 4.98 Å². The van der Waals surface area contributed by atoms with E-state index in [1.807, 2.05) is 61.5 Å². The van der Waals surface area contributed by atoms with Crippen LogP contribution in [-0.4, -0.2) is 25.1 Å². The van der Waals surface area contributed by atoms with Gasteiger partial charge in [-0.25, -0.2) is 4.98 Å². The molecular formula is C34H29N3O3S. The minimum atomic E-state index is -0.264. The first-order chi connectivity index (χ1) is 19.9. The Morgan fingerprint density at radius 1 is 0.854 bits per heavy atom. The van der Waals surface area contributed by atoms with Gasteiger partial charge < -0.3 is 20.5 Å². The number of aryl methyl sites for hydroxylation is 2. The summed E-state index contributed by atoms with van der Waals surface area (Å²) >= 11 is 1.30. The predicted octanol–water partition coefficient (Wildman–Crippen LogP) is 8.25. The number of methoxy groups -OCH3 is 2. The summed E-state index contributed by atoms with van der Waals surface area (Å²) in [5.74, 6) is 0.967. The van der Waals surface area contributed by atoms with Gasteiger partial charge in [0.25, 0.3) is 5.91 Å². The number of pyridine rings is 1. The van der Waals surface area contributed by atoms with Crippen LogP contribution in [0.2, 0.25) is 0 Å². The zero-order chi connectivity index (χ0) is 28.7. The number of nitrogens with one attached hydrogen (secondary N) is 1. The number of thiophene rings is 1. The van der Waals surface area contributed by atoms with Crippen LogP contribution in [0.5, 0.6) is 11.5 Å². The Balaban J connectivity index is 1.53. The monoisotopic (exact) mass is 559 g/mol. The number of amides is 1. The molecule has 2 heterocycles. The summed E-state index contributed by atoms with van der Waals surface area (Å²) in [7, 11) is 3.22. The zero-order valence-corrected chi connectivity index (χ0v) is 24.1. The maximum Gasteiger partial charge on any atom is 0.267 e. The van der Waals surface area contributed by atoms with Gasteiger partial charge in [-0.2, -0.15) is 0 Å². The number of nitrogen functional groups attached to an aromatic ring is 1. The van der Waals surface area contributed by atoms with Crippen molar-refractivity contribution in [3.8, 4) is 33.9 Å². The van der Waals surface area contributed by atoms with E-state index in [1.165, 1.54) is 11.3 Å². The Hall–Kier alpha value is -4.88. The van der Waals surface area contributed by atoms with Crippen LogP contribution in [-0.2, 0) is 0 Å². The number of anilines is 2. The third-order valence-corrected chi connectivity index (χ3v) is 8.42. The van der Waals surface area contributed by atoms with Gasteiger partial charge in [0.15, 0.2) is 11.5 Å². The third-order valence-electron chi connectivity index (χ3n) is 7.32. The molecule has 0 saturated carbocycles. The molecule has 0 fully saturated rings. The molecule has 0 aliphatic rings. The van der Waals surface area contributed by atoms with Gasteiger partial charge >= 0.3 is 0 Å². The zero-order valence-electron chi connectivity index (χ0n) is 23.2. The number of aromatic nitrogens is 1. The van der Waals surface area contributed by atoms with Crippen LogP contribution in [0, 0.1) is 13.8 Å². The number of carbonyl (C=O) groups is 1. The summed E-state index contributed by atoms with van der Waals surface area (Å²) in [5.41, 5.74) is 13.6. The molecule has 0 aliphatic heterocycles. The lowest BCUT2D eigenvalue weighted by Crippen LogP contribution is -2.13.